The van der Waals surface area contributed by atoms with Gasteiger partial charge in [0.1, 0.15) is 5.75 Å². The minimum atomic E-state index is -0.212. The molecule has 1 heteroatoms. The summed E-state index contributed by atoms with van der Waals surface area (Å²) >= 11 is 0. The third-order valence-corrected chi connectivity index (χ3v) is 2.47. The van der Waals surface area contributed by atoms with Crippen molar-refractivity contribution in [2.75, 3.05) is 7.11 Å². The van der Waals surface area contributed by atoms with E-state index >= 15 is 0 Å². The molecule has 0 heterocycles. The van der Waals surface area contributed by atoms with Crippen LogP contribution in [0.5, 0.6) is 5.75 Å². The lowest BCUT2D eigenvalue weighted by Gasteiger charge is -2.20. The Labute approximate surface area is 86.1 Å². The van der Waals surface area contributed by atoms with E-state index in [0.29, 0.717) is 0 Å². The molecule has 74 valence electrons. The van der Waals surface area contributed by atoms with Gasteiger partial charge < -0.3 is 4.74 Å². The molecule has 0 fully saturated rings. The summed E-state index contributed by atoms with van der Waals surface area (Å²) in [5.41, 5.74) is 2.14. The van der Waals surface area contributed by atoms with Crippen molar-refractivity contribution in [2.45, 2.75) is 26.2 Å². The van der Waals surface area contributed by atoms with E-state index in [0.717, 1.165) is 5.75 Å². The molecule has 0 radical (unpaired) electrons. The fourth-order valence-corrected chi connectivity index (χ4v) is 1.54. The van der Waals surface area contributed by atoms with Crippen LogP contribution in [-0.4, -0.2) is 7.11 Å². The highest BCUT2D eigenvalue weighted by atomic mass is 16.5. The molecule has 1 aromatic rings. The third-order valence-electron chi connectivity index (χ3n) is 2.47. The van der Waals surface area contributed by atoms with Crippen LogP contribution in [0, 0.1) is 19.3 Å². The SMILES string of the molecule is C#CC(C)(C)c1ccc(OC)cc1C. The number of terminal acetylenes is 1. The predicted octanol–water partition coefficient (Wildman–Crippen LogP) is 2.91. The Morgan fingerprint density at radius 1 is 1.36 bits per heavy atom. The highest BCUT2D eigenvalue weighted by molar-refractivity contribution is 5.42. The molecule has 14 heavy (non-hydrogen) atoms. The fourth-order valence-electron chi connectivity index (χ4n) is 1.54. The molecule has 0 saturated carbocycles. The monoisotopic (exact) mass is 188 g/mol. The van der Waals surface area contributed by atoms with Crippen LogP contribution in [0.25, 0.3) is 0 Å². The Hall–Kier alpha value is -1.42. The predicted molar refractivity (Wildman–Crippen MR) is 59.6 cm³/mol. The summed E-state index contributed by atoms with van der Waals surface area (Å²) < 4.78 is 5.14. The smallest absolute Gasteiger partial charge is 0.119 e. The van der Waals surface area contributed by atoms with Crippen LogP contribution < -0.4 is 4.74 Å². The molecule has 0 spiro atoms. The van der Waals surface area contributed by atoms with E-state index in [1.807, 2.05) is 32.0 Å². The molecular weight excluding hydrogens is 172 g/mol. The van der Waals surface area contributed by atoms with Gasteiger partial charge in [0.15, 0.2) is 0 Å². The highest BCUT2D eigenvalue weighted by Crippen LogP contribution is 2.27. The molecule has 0 aliphatic rings. The molecule has 0 aliphatic heterocycles. The van der Waals surface area contributed by atoms with Crippen molar-refractivity contribution in [3.05, 3.63) is 29.3 Å². The Balaban J connectivity index is 3.20. The first-order valence-corrected chi connectivity index (χ1v) is 4.64. The summed E-state index contributed by atoms with van der Waals surface area (Å²) in [6.45, 7) is 6.14. The van der Waals surface area contributed by atoms with Gasteiger partial charge >= 0.3 is 0 Å². The normalized spacial score (nSPS) is 10.8. The lowest BCUT2D eigenvalue weighted by molar-refractivity contribution is 0.414. The highest BCUT2D eigenvalue weighted by Gasteiger charge is 2.19. The van der Waals surface area contributed by atoms with E-state index in [-0.39, 0.29) is 5.41 Å². The zero-order valence-electron chi connectivity index (χ0n) is 9.22. The first-order valence-electron chi connectivity index (χ1n) is 4.64. The van der Waals surface area contributed by atoms with Gasteiger partial charge in [-0.05, 0) is 44.0 Å². The topological polar surface area (TPSA) is 9.23 Å². The number of aryl methyl sites for hydroxylation is 1. The number of rotatable bonds is 2. The van der Waals surface area contributed by atoms with E-state index in [1.165, 1.54) is 11.1 Å². The Kier molecular flexibility index (Phi) is 2.86. The number of methoxy groups -OCH3 is 1. The third kappa shape index (κ3) is 1.90. The van der Waals surface area contributed by atoms with Crippen molar-refractivity contribution < 1.29 is 4.74 Å². The molecule has 0 unspecified atom stereocenters. The number of ether oxygens (including phenoxy) is 1. The second-order valence-corrected chi connectivity index (χ2v) is 3.95. The molecule has 0 bridgehead atoms. The van der Waals surface area contributed by atoms with Gasteiger partial charge in [0, 0.05) is 0 Å². The molecule has 1 nitrogen and oxygen atoms in total. The van der Waals surface area contributed by atoms with Crippen molar-refractivity contribution in [2.24, 2.45) is 0 Å². The van der Waals surface area contributed by atoms with Crippen LogP contribution in [-0.2, 0) is 5.41 Å². The van der Waals surface area contributed by atoms with Gasteiger partial charge in [-0.1, -0.05) is 12.0 Å². The maximum atomic E-state index is 5.50. The van der Waals surface area contributed by atoms with Crippen LogP contribution in [0.2, 0.25) is 0 Å². The van der Waals surface area contributed by atoms with Crippen LogP contribution >= 0.6 is 0 Å². The molecule has 0 aliphatic carbocycles. The van der Waals surface area contributed by atoms with Crippen LogP contribution in [0.15, 0.2) is 18.2 Å². The standard InChI is InChI=1S/C13H16O/c1-6-13(3,4)12-8-7-11(14-5)9-10(12)2/h1,7-9H,2-5H3. The van der Waals surface area contributed by atoms with Crippen LogP contribution in [0.1, 0.15) is 25.0 Å². The molecule has 0 atom stereocenters. The largest absolute Gasteiger partial charge is 0.497 e. The van der Waals surface area contributed by atoms with Gasteiger partial charge in [-0.25, -0.2) is 0 Å². The van der Waals surface area contributed by atoms with Crippen molar-refractivity contribution >= 4 is 0 Å². The van der Waals surface area contributed by atoms with Crippen molar-refractivity contribution in [1.82, 2.24) is 0 Å². The van der Waals surface area contributed by atoms with E-state index in [2.05, 4.69) is 12.8 Å². The average Bonchev–Trinajstić information content (AvgIpc) is 2.17. The second kappa shape index (κ2) is 3.75. The Morgan fingerprint density at radius 3 is 2.43 bits per heavy atom. The summed E-state index contributed by atoms with van der Waals surface area (Å²) in [7, 11) is 1.67. The lowest BCUT2D eigenvalue weighted by atomic mass is 9.83. The second-order valence-electron chi connectivity index (χ2n) is 3.95. The van der Waals surface area contributed by atoms with Gasteiger partial charge in [0.05, 0.1) is 12.5 Å². The molecule has 0 saturated heterocycles. The lowest BCUT2D eigenvalue weighted by Crippen LogP contribution is -2.15. The quantitative estimate of drug-likeness (QED) is 0.648. The van der Waals surface area contributed by atoms with E-state index in [1.54, 1.807) is 7.11 Å². The summed E-state index contributed by atoms with van der Waals surface area (Å²) in [5, 5.41) is 0. The molecule has 0 amide bonds. The summed E-state index contributed by atoms with van der Waals surface area (Å²) in [5.74, 6) is 3.67. The van der Waals surface area contributed by atoms with Gasteiger partial charge in [-0.3, -0.25) is 0 Å². The average molecular weight is 188 g/mol. The van der Waals surface area contributed by atoms with Crippen molar-refractivity contribution in [3.63, 3.8) is 0 Å². The molecule has 1 rings (SSSR count). The first-order chi connectivity index (χ1) is 6.51. The first kappa shape index (κ1) is 10.7. The minimum absolute atomic E-state index is 0.212. The Morgan fingerprint density at radius 2 is 2.00 bits per heavy atom. The van der Waals surface area contributed by atoms with E-state index < -0.39 is 0 Å². The number of hydrogen-bond donors (Lipinski definition) is 0. The molecule has 1 aromatic carbocycles. The zero-order valence-corrected chi connectivity index (χ0v) is 9.22. The van der Waals surface area contributed by atoms with Gasteiger partial charge in [0.25, 0.3) is 0 Å². The maximum absolute atomic E-state index is 5.50. The van der Waals surface area contributed by atoms with Crippen LogP contribution in [0.4, 0.5) is 0 Å². The van der Waals surface area contributed by atoms with Crippen molar-refractivity contribution in [1.29, 1.82) is 0 Å². The van der Waals surface area contributed by atoms with Gasteiger partial charge in [-0.2, -0.15) is 0 Å². The van der Waals surface area contributed by atoms with Gasteiger partial charge in [0.2, 0.25) is 0 Å². The van der Waals surface area contributed by atoms with E-state index in [4.69, 9.17) is 11.2 Å². The minimum Gasteiger partial charge on any atom is -0.497 e. The number of benzene rings is 1. The maximum Gasteiger partial charge on any atom is 0.119 e. The summed E-state index contributed by atoms with van der Waals surface area (Å²) in [6.07, 6.45) is 5.50. The summed E-state index contributed by atoms with van der Waals surface area (Å²) in [6, 6.07) is 5.99. The molecular formula is C13H16O. The van der Waals surface area contributed by atoms with Gasteiger partial charge in [-0.15, -0.1) is 6.42 Å². The number of hydrogen-bond acceptors (Lipinski definition) is 1. The molecule has 0 aromatic heterocycles. The Bertz CT molecular complexity index is 369. The zero-order chi connectivity index (χ0) is 10.8. The van der Waals surface area contributed by atoms with Crippen LogP contribution in [0.3, 0.4) is 0 Å². The molecule has 0 N–H and O–H groups in total. The fraction of sp³-hybridized carbons (Fsp3) is 0.385. The van der Waals surface area contributed by atoms with E-state index in [9.17, 15) is 0 Å². The summed E-state index contributed by atoms with van der Waals surface area (Å²) in [4.78, 5) is 0. The van der Waals surface area contributed by atoms with Crippen molar-refractivity contribution in [3.8, 4) is 18.1 Å².